The Morgan fingerprint density at radius 3 is 2.58 bits per heavy atom. The van der Waals surface area contributed by atoms with Gasteiger partial charge in [0, 0.05) is 0 Å². The summed E-state index contributed by atoms with van der Waals surface area (Å²) in [6, 6.07) is 0.257. The molecule has 0 aliphatic heterocycles. The van der Waals surface area contributed by atoms with Gasteiger partial charge < -0.3 is 10.2 Å². The predicted molar refractivity (Wildman–Crippen MR) is 54.1 cm³/mol. The van der Waals surface area contributed by atoms with E-state index in [1.807, 2.05) is 0 Å². The van der Waals surface area contributed by atoms with E-state index in [1.165, 1.54) is 0 Å². The van der Waals surface area contributed by atoms with Crippen LogP contribution >= 0.6 is 0 Å². The summed E-state index contributed by atoms with van der Waals surface area (Å²) >= 11 is 0. The molecule has 0 saturated heterocycles. The third-order valence-corrected chi connectivity index (χ3v) is 1.78. The SMILES string of the molecule is C#CC(CC)NCCCN(C)C. The van der Waals surface area contributed by atoms with Crippen molar-refractivity contribution in [1.29, 1.82) is 0 Å². The molecule has 0 bridgehead atoms. The molecule has 1 N–H and O–H groups in total. The highest BCUT2D eigenvalue weighted by Gasteiger charge is 1.98. The number of hydrogen-bond donors (Lipinski definition) is 1. The lowest BCUT2D eigenvalue weighted by atomic mass is 10.2. The van der Waals surface area contributed by atoms with Crippen LogP contribution in [0.5, 0.6) is 0 Å². The summed E-state index contributed by atoms with van der Waals surface area (Å²) in [6.07, 6.45) is 7.47. The maximum atomic E-state index is 5.30. The van der Waals surface area contributed by atoms with Crippen LogP contribution in [0, 0.1) is 12.3 Å². The molecule has 0 aliphatic rings. The van der Waals surface area contributed by atoms with Crippen molar-refractivity contribution >= 4 is 0 Å². The van der Waals surface area contributed by atoms with Gasteiger partial charge in [-0.1, -0.05) is 12.8 Å². The first-order valence-corrected chi connectivity index (χ1v) is 4.55. The zero-order valence-corrected chi connectivity index (χ0v) is 8.43. The second kappa shape index (κ2) is 7.15. The average Bonchev–Trinajstić information content (AvgIpc) is 2.04. The van der Waals surface area contributed by atoms with Gasteiger partial charge in [-0.15, -0.1) is 6.42 Å². The Bertz CT molecular complexity index is 135. The van der Waals surface area contributed by atoms with E-state index in [0.717, 1.165) is 25.9 Å². The minimum atomic E-state index is 0.257. The van der Waals surface area contributed by atoms with Gasteiger partial charge in [-0.25, -0.2) is 0 Å². The summed E-state index contributed by atoms with van der Waals surface area (Å²) in [5.74, 6) is 2.72. The van der Waals surface area contributed by atoms with Crippen molar-refractivity contribution in [3.63, 3.8) is 0 Å². The number of nitrogens with one attached hydrogen (secondary N) is 1. The third kappa shape index (κ3) is 6.21. The van der Waals surface area contributed by atoms with Crippen LogP contribution in [0.1, 0.15) is 19.8 Å². The topological polar surface area (TPSA) is 15.3 Å². The maximum Gasteiger partial charge on any atom is 0.0684 e. The quantitative estimate of drug-likeness (QED) is 0.469. The smallest absolute Gasteiger partial charge is 0.0684 e. The lowest BCUT2D eigenvalue weighted by molar-refractivity contribution is 0.391. The first-order chi connectivity index (χ1) is 5.70. The van der Waals surface area contributed by atoms with Gasteiger partial charge in [0.05, 0.1) is 6.04 Å². The Balaban J connectivity index is 3.25. The standard InChI is InChI=1S/C10H20N2/c1-5-10(6-2)11-8-7-9-12(3)4/h1,10-11H,6-9H2,2-4H3. The van der Waals surface area contributed by atoms with Crippen LogP contribution in [0.15, 0.2) is 0 Å². The van der Waals surface area contributed by atoms with Crippen LogP contribution in [0.3, 0.4) is 0 Å². The third-order valence-electron chi connectivity index (χ3n) is 1.78. The molecule has 0 aromatic carbocycles. The van der Waals surface area contributed by atoms with Gasteiger partial charge in [0.2, 0.25) is 0 Å². The van der Waals surface area contributed by atoms with Crippen LogP contribution in [-0.2, 0) is 0 Å². The largest absolute Gasteiger partial charge is 0.309 e. The number of terminal acetylenes is 1. The highest BCUT2D eigenvalue weighted by Crippen LogP contribution is 1.88. The molecule has 0 rings (SSSR count). The van der Waals surface area contributed by atoms with Crippen LogP contribution in [0.4, 0.5) is 0 Å². The second-order valence-corrected chi connectivity index (χ2v) is 3.24. The Kier molecular flexibility index (Phi) is 6.84. The fourth-order valence-corrected chi connectivity index (χ4v) is 0.993. The van der Waals surface area contributed by atoms with Crippen molar-refractivity contribution in [1.82, 2.24) is 10.2 Å². The molecule has 0 saturated carbocycles. The van der Waals surface area contributed by atoms with Gasteiger partial charge >= 0.3 is 0 Å². The lowest BCUT2D eigenvalue weighted by Gasteiger charge is -2.12. The molecule has 0 aliphatic carbocycles. The molecule has 0 radical (unpaired) electrons. The van der Waals surface area contributed by atoms with E-state index < -0.39 is 0 Å². The van der Waals surface area contributed by atoms with Crippen molar-refractivity contribution in [2.45, 2.75) is 25.8 Å². The predicted octanol–water partition coefficient (Wildman–Crippen LogP) is 0.940. The van der Waals surface area contributed by atoms with Crippen LogP contribution in [0.25, 0.3) is 0 Å². The Labute approximate surface area is 76.3 Å². The van der Waals surface area contributed by atoms with Crippen molar-refractivity contribution in [3.8, 4) is 12.3 Å². The monoisotopic (exact) mass is 168 g/mol. The number of hydrogen-bond acceptors (Lipinski definition) is 2. The normalized spacial score (nSPS) is 12.9. The molecule has 2 nitrogen and oxygen atoms in total. The van der Waals surface area contributed by atoms with E-state index in [2.05, 4.69) is 37.2 Å². The molecule has 1 atom stereocenters. The fourth-order valence-electron chi connectivity index (χ4n) is 0.993. The van der Waals surface area contributed by atoms with E-state index in [1.54, 1.807) is 0 Å². The van der Waals surface area contributed by atoms with Gasteiger partial charge in [0.15, 0.2) is 0 Å². The van der Waals surface area contributed by atoms with E-state index in [9.17, 15) is 0 Å². The molecule has 0 amide bonds. The average molecular weight is 168 g/mol. The van der Waals surface area contributed by atoms with Crippen molar-refractivity contribution < 1.29 is 0 Å². The van der Waals surface area contributed by atoms with Crippen LogP contribution in [-0.4, -0.2) is 38.1 Å². The molecular formula is C10H20N2. The highest BCUT2D eigenvalue weighted by atomic mass is 15.1. The Morgan fingerprint density at radius 1 is 1.50 bits per heavy atom. The molecule has 0 aromatic heterocycles. The lowest BCUT2D eigenvalue weighted by Crippen LogP contribution is -2.29. The molecule has 12 heavy (non-hydrogen) atoms. The molecule has 1 unspecified atom stereocenters. The van der Waals surface area contributed by atoms with E-state index in [4.69, 9.17) is 6.42 Å². The molecule has 70 valence electrons. The Morgan fingerprint density at radius 2 is 2.17 bits per heavy atom. The maximum absolute atomic E-state index is 5.30. The van der Waals surface area contributed by atoms with Gasteiger partial charge in [-0.05, 0) is 40.0 Å². The molecule has 0 aromatic rings. The van der Waals surface area contributed by atoms with Crippen molar-refractivity contribution in [2.75, 3.05) is 27.2 Å². The first-order valence-electron chi connectivity index (χ1n) is 4.55. The zero-order valence-electron chi connectivity index (χ0n) is 8.43. The molecule has 2 heteroatoms. The fraction of sp³-hybridized carbons (Fsp3) is 0.800. The first kappa shape index (κ1) is 11.5. The van der Waals surface area contributed by atoms with Gasteiger partial charge in [0.25, 0.3) is 0 Å². The van der Waals surface area contributed by atoms with Crippen molar-refractivity contribution in [3.05, 3.63) is 0 Å². The summed E-state index contributed by atoms with van der Waals surface area (Å²) in [5, 5.41) is 3.31. The number of nitrogens with zero attached hydrogens (tertiary/aromatic N) is 1. The highest BCUT2D eigenvalue weighted by molar-refractivity contribution is 4.97. The summed E-state index contributed by atoms with van der Waals surface area (Å²) < 4.78 is 0. The molecule has 0 fully saturated rings. The van der Waals surface area contributed by atoms with Crippen LogP contribution < -0.4 is 5.32 Å². The van der Waals surface area contributed by atoms with Crippen molar-refractivity contribution in [2.24, 2.45) is 0 Å². The molecular weight excluding hydrogens is 148 g/mol. The van der Waals surface area contributed by atoms with Gasteiger partial charge in [-0.3, -0.25) is 0 Å². The number of rotatable bonds is 6. The van der Waals surface area contributed by atoms with E-state index >= 15 is 0 Å². The molecule has 0 spiro atoms. The Hall–Kier alpha value is -0.520. The zero-order chi connectivity index (χ0) is 9.40. The minimum Gasteiger partial charge on any atom is -0.309 e. The van der Waals surface area contributed by atoms with Gasteiger partial charge in [0.1, 0.15) is 0 Å². The minimum absolute atomic E-state index is 0.257. The van der Waals surface area contributed by atoms with E-state index in [-0.39, 0.29) is 6.04 Å². The summed E-state index contributed by atoms with van der Waals surface area (Å²) in [5.41, 5.74) is 0. The summed E-state index contributed by atoms with van der Waals surface area (Å²) in [6.45, 7) is 4.23. The van der Waals surface area contributed by atoms with E-state index in [0.29, 0.717) is 0 Å². The van der Waals surface area contributed by atoms with Crippen LogP contribution in [0.2, 0.25) is 0 Å². The second-order valence-electron chi connectivity index (χ2n) is 3.24. The summed E-state index contributed by atoms with van der Waals surface area (Å²) in [7, 11) is 4.16. The summed E-state index contributed by atoms with van der Waals surface area (Å²) in [4.78, 5) is 2.18. The van der Waals surface area contributed by atoms with Gasteiger partial charge in [-0.2, -0.15) is 0 Å². The molecule has 0 heterocycles.